The molecule has 20 heavy (non-hydrogen) atoms. The summed E-state index contributed by atoms with van der Waals surface area (Å²) in [6.45, 7) is 1.72. The summed E-state index contributed by atoms with van der Waals surface area (Å²) in [4.78, 5) is 0. The number of ether oxygens (including phenoxy) is 1. The number of halogens is 3. The fraction of sp³-hybridized carbons (Fsp3) is 0.200. The van der Waals surface area contributed by atoms with Gasteiger partial charge in [-0.1, -0.05) is 29.8 Å². The van der Waals surface area contributed by atoms with Crippen molar-refractivity contribution in [1.29, 1.82) is 0 Å². The molecular weight excluding hydrogens is 284 g/mol. The van der Waals surface area contributed by atoms with Gasteiger partial charge in [0.25, 0.3) is 0 Å². The second-order valence-corrected chi connectivity index (χ2v) is 4.88. The molecule has 0 amide bonds. The first-order chi connectivity index (χ1) is 9.49. The molecule has 0 aliphatic heterocycles. The normalized spacial score (nSPS) is 12.2. The Balaban J connectivity index is 2.22. The highest BCUT2D eigenvalue weighted by molar-refractivity contribution is 6.30. The molecule has 0 bridgehead atoms. The molecule has 2 N–H and O–H groups in total. The van der Waals surface area contributed by atoms with Crippen LogP contribution in [-0.4, -0.2) is 0 Å². The minimum Gasteiger partial charge on any atom is -0.488 e. The summed E-state index contributed by atoms with van der Waals surface area (Å²) in [7, 11) is 0. The quantitative estimate of drug-likeness (QED) is 0.917. The molecule has 0 spiro atoms. The lowest BCUT2D eigenvalue weighted by Gasteiger charge is -2.14. The zero-order valence-corrected chi connectivity index (χ0v) is 11.6. The number of hydrogen-bond acceptors (Lipinski definition) is 2. The number of nitrogens with two attached hydrogens (primary N) is 1. The molecule has 0 aromatic heterocycles. The second kappa shape index (κ2) is 6.20. The van der Waals surface area contributed by atoms with Crippen LogP contribution in [0.15, 0.2) is 36.4 Å². The molecule has 106 valence electrons. The summed E-state index contributed by atoms with van der Waals surface area (Å²) < 4.78 is 32.5. The maximum Gasteiger partial charge on any atom is 0.148 e. The molecular formula is C15H14ClF2NO. The number of hydrogen-bond donors (Lipinski definition) is 1. The molecule has 1 atom stereocenters. The third kappa shape index (κ3) is 3.26. The highest BCUT2D eigenvalue weighted by Gasteiger charge is 2.12. The fourth-order valence-electron chi connectivity index (χ4n) is 1.82. The zero-order valence-electron chi connectivity index (χ0n) is 10.9. The lowest BCUT2D eigenvalue weighted by molar-refractivity contribution is 0.294. The number of rotatable bonds is 4. The van der Waals surface area contributed by atoms with E-state index in [9.17, 15) is 8.78 Å². The smallest absolute Gasteiger partial charge is 0.148 e. The topological polar surface area (TPSA) is 35.2 Å². The third-order valence-electron chi connectivity index (χ3n) is 2.88. The van der Waals surface area contributed by atoms with E-state index in [0.717, 1.165) is 0 Å². The van der Waals surface area contributed by atoms with Gasteiger partial charge in [0.1, 0.15) is 24.0 Å². The Morgan fingerprint density at radius 3 is 2.70 bits per heavy atom. The third-order valence-corrected chi connectivity index (χ3v) is 3.17. The SMILES string of the molecule is C[C@H](N)c1ccc(F)cc1OCc1cccc(Cl)c1F. The summed E-state index contributed by atoms with van der Waals surface area (Å²) in [6.07, 6.45) is 0. The van der Waals surface area contributed by atoms with Crippen LogP contribution in [0.5, 0.6) is 5.75 Å². The van der Waals surface area contributed by atoms with Gasteiger partial charge in [-0.15, -0.1) is 0 Å². The summed E-state index contributed by atoms with van der Waals surface area (Å²) >= 11 is 5.69. The molecule has 2 aromatic rings. The maximum absolute atomic E-state index is 13.7. The molecule has 2 aromatic carbocycles. The molecule has 0 saturated heterocycles. The Kier molecular flexibility index (Phi) is 4.57. The minimum absolute atomic E-state index is 0.0257. The van der Waals surface area contributed by atoms with Gasteiger partial charge in [-0.05, 0) is 19.1 Å². The van der Waals surface area contributed by atoms with E-state index in [2.05, 4.69) is 0 Å². The molecule has 0 aliphatic carbocycles. The first kappa shape index (κ1) is 14.8. The highest BCUT2D eigenvalue weighted by atomic mass is 35.5. The van der Waals surface area contributed by atoms with E-state index >= 15 is 0 Å². The van der Waals surface area contributed by atoms with Crippen molar-refractivity contribution in [2.45, 2.75) is 19.6 Å². The van der Waals surface area contributed by atoms with Gasteiger partial charge < -0.3 is 10.5 Å². The lowest BCUT2D eigenvalue weighted by Crippen LogP contribution is -2.09. The highest BCUT2D eigenvalue weighted by Crippen LogP contribution is 2.26. The summed E-state index contributed by atoms with van der Waals surface area (Å²) in [5, 5.41) is 0.0257. The molecule has 2 nitrogen and oxygen atoms in total. The van der Waals surface area contributed by atoms with Crippen molar-refractivity contribution in [3.63, 3.8) is 0 Å². The van der Waals surface area contributed by atoms with E-state index in [-0.39, 0.29) is 17.7 Å². The van der Waals surface area contributed by atoms with E-state index in [1.807, 2.05) is 0 Å². The van der Waals surface area contributed by atoms with Crippen molar-refractivity contribution in [2.24, 2.45) is 5.73 Å². The molecule has 2 rings (SSSR count). The van der Waals surface area contributed by atoms with Gasteiger partial charge >= 0.3 is 0 Å². The van der Waals surface area contributed by atoms with Gasteiger partial charge in [0, 0.05) is 23.2 Å². The minimum atomic E-state index is -0.534. The predicted molar refractivity (Wildman–Crippen MR) is 74.7 cm³/mol. The van der Waals surface area contributed by atoms with Crippen LogP contribution in [0.25, 0.3) is 0 Å². The molecule has 5 heteroatoms. The number of benzene rings is 2. The van der Waals surface area contributed by atoms with Crippen LogP contribution in [0.4, 0.5) is 8.78 Å². The summed E-state index contributed by atoms with van der Waals surface area (Å²) in [6, 6.07) is 8.44. The van der Waals surface area contributed by atoms with Gasteiger partial charge in [-0.25, -0.2) is 8.78 Å². The Morgan fingerprint density at radius 2 is 2.00 bits per heavy atom. The van der Waals surface area contributed by atoms with E-state index in [4.69, 9.17) is 22.1 Å². The van der Waals surface area contributed by atoms with E-state index in [0.29, 0.717) is 16.9 Å². The van der Waals surface area contributed by atoms with Crippen molar-refractivity contribution < 1.29 is 13.5 Å². The van der Waals surface area contributed by atoms with Crippen LogP contribution in [-0.2, 0) is 6.61 Å². The predicted octanol–water partition coefficient (Wildman–Crippen LogP) is 4.22. The molecule has 0 unspecified atom stereocenters. The first-order valence-corrected chi connectivity index (χ1v) is 6.47. The van der Waals surface area contributed by atoms with Crippen molar-refractivity contribution in [3.8, 4) is 5.75 Å². The lowest BCUT2D eigenvalue weighted by atomic mass is 10.1. The van der Waals surface area contributed by atoms with Crippen molar-refractivity contribution in [3.05, 3.63) is 64.2 Å². The monoisotopic (exact) mass is 297 g/mol. The maximum atomic E-state index is 13.7. The van der Waals surface area contributed by atoms with Crippen molar-refractivity contribution in [1.82, 2.24) is 0 Å². The van der Waals surface area contributed by atoms with Gasteiger partial charge in [0.2, 0.25) is 0 Å². The standard InChI is InChI=1S/C15H14ClF2NO/c1-9(19)12-6-5-11(17)7-14(12)20-8-10-3-2-4-13(16)15(10)18/h2-7,9H,8,19H2,1H3/t9-/m0/s1. The van der Waals surface area contributed by atoms with Crippen LogP contribution < -0.4 is 10.5 Å². The molecule has 0 saturated carbocycles. The zero-order chi connectivity index (χ0) is 14.7. The van der Waals surface area contributed by atoms with Crippen LogP contribution in [0.3, 0.4) is 0 Å². The van der Waals surface area contributed by atoms with Crippen LogP contribution in [0.2, 0.25) is 5.02 Å². The molecule has 0 heterocycles. The van der Waals surface area contributed by atoms with Crippen LogP contribution in [0, 0.1) is 11.6 Å². The Bertz CT molecular complexity index is 617. The van der Waals surface area contributed by atoms with Gasteiger partial charge in [-0.3, -0.25) is 0 Å². The van der Waals surface area contributed by atoms with Crippen LogP contribution >= 0.6 is 11.6 Å². The molecule has 0 fully saturated rings. The van der Waals surface area contributed by atoms with Gasteiger partial charge in [-0.2, -0.15) is 0 Å². The summed E-state index contributed by atoms with van der Waals surface area (Å²) in [5.41, 5.74) is 6.75. The Labute approximate surface area is 121 Å². The second-order valence-electron chi connectivity index (χ2n) is 4.47. The largest absolute Gasteiger partial charge is 0.488 e. The van der Waals surface area contributed by atoms with E-state index in [1.165, 1.54) is 18.2 Å². The molecule has 0 radical (unpaired) electrons. The Hall–Kier alpha value is -1.65. The average Bonchev–Trinajstić information content (AvgIpc) is 2.40. The van der Waals surface area contributed by atoms with Gasteiger partial charge in [0.15, 0.2) is 0 Å². The van der Waals surface area contributed by atoms with E-state index in [1.54, 1.807) is 25.1 Å². The van der Waals surface area contributed by atoms with Gasteiger partial charge in [0.05, 0.1) is 5.02 Å². The average molecular weight is 298 g/mol. The Morgan fingerprint density at radius 1 is 1.25 bits per heavy atom. The van der Waals surface area contributed by atoms with Crippen molar-refractivity contribution >= 4 is 11.6 Å². The van der Waals surface area contributed by atoms with Crippen LogP contribution in [0.1, 0.15) is 24.1 Å². The molecule has 0 aliphatic rings. The summed E-state index contributed by atoms with van der Waals surface area (Å²) in [5.74, 6) is -0.664. The van der Waals surface area contributed by atoms with E-state index < -0.39 is 11.6 Å². The van der Waals surface area contributed by atoms with Crippen molar-refractivity contribution in [2.75, 3.05) is 0 Å². The fourth-order valence-corrected chi connectivity index (χ4v) is 2.02. The first-order valence-electron chi connectivity index (χ1n) is 6.09.